The van der Waals surface area contributed by atoms with Crippen LogP contribution in [0.4, 0.5) is 0 Å². The molecule has 0 saturated heterocycles. The van der Waals surface area contributed by atoms with Crippen molar-refractivity contribution in [2.75, 3.05) is 6.61 Å². The number of esters is 1. The highest BCUT2D eigenvalue weighted by molar-refractivity contribution is 5.70. The Morgan fingerprint density at radius 1 is 1.12 bits per heavy atom. The summed E-state index contributed by atoms with van der Waals surface area (Å²) in [4.78, 5) is 22.8. The maximum absolute atomic E-state index is 12.3. The zero-order valence-electron chi connectivity index (χ0n) is 15.8. The van der Waals surface area contributed by atoms with Gasteiger partial charge in [0.25, 0.3) is 0 Å². The highest BCUT2D eigenvalue weighted by Crippen LogP contribution is 2.25. The second kappa shape index (κ2) is 10.9. The summed E-state index contributed by atoms with van der Waals surface area (Å²) < 4.78 is 11.4. The van der Waals surface area contributed by atoms with E-state index in [0.717, 1.165) is 5.56 Å². The van der Waals surface area contributed by atoms with Gasteiger partial charge in [-0.2, -0.15) is 0 Å². The number of hydrogen-bond donors (Lipinski definition) is 2. The Kier molecular flexibility index (Phi) is 9.30. The first kappa shape index (κ1) is 22.1. The predicted molar refractivity (Wildman–Crippen MR) is 97.8 cm³/mol. The molecule has 3 atom stereocenters. The lowest BCUT2D eigenvalue weighted by atomic mass is 9.91. The van der Waals surface area contributed by atoms with Gasteiger partial charge in [-0.15, -0.1) is 0 Å². The van der Waals surface area contributed by atoms with E-state index >= 15 is 0 Å². The van der Waals surface area contributed by atoms with Crippen LogP contribution >= 0.6 is 0 Å². The number of rotatable bonds is 12. The Labute approximate surface area is 155 Å². The number of carboxylic acid groups (broad SMARTS) is 1. The van der Waals surface area contributed by atoms with E-state index < -0.39 is 23.8 Å². The minimum absolute atomic E-state index is 0.0441. The Balaban J connectivity index is 2.72. The van der Waals surface area contributed by atoms with E-state index in [1.54, 1.807) is 6.92 Å². The minimum Gasteiger partial charge on any atom is -0.481 e. The summed E-state index contributed by atoms with van der Waals surface area (Å²) in [5.41, 5.74) is 0.126. The Morgan fingerprint density at radius 2 is 1.73 bits per heavy atom. The molecule has 6 heteroatoms. The van der Waals surface area contributed by atoms with E-state index in [1.807, 2.05) is 44.2 Å². The van der Waals surface area contributed by atoms with Crippen LogP contribution in [0.3, 0.4) is 0 Å². The second-order valence-corrected chi connectivity index (χ2v) is 6.87. The fraction of sp³-hybridized carbons (Fsp3) is 0.600. The van der Waals surface area contributed by atoms with Crippen LogP contribution in [0.25, 0.3) is 0 Å². The molecule has 0 aliphatic heterocycles. The van der Waals surface area contributed by atoms with Crippen molar-refractivity contribution >= 4 is 11.9 Å². The van der Waals surface area contributed by atoms with Crippen molar-refractivity contribution < 1.29 is 29.3 Å². The molecule has 0 aliphatic carbocycles. The van der Waals surface area contributed by atoms with Crippen molar-refractivity contribution in [1.29, 1.82) is 0 Å². The quantitative estimate of drug-likeness (QED) is 0.436. The van der Waals surface area contributed by atoms with Gasteiger partial charge in [-0.1, -0.05) is 30.3 Å². The van der Waals surface area contributed by atoms with Gasteiger partial charge in [-0.25, -0.2) is 0 Å². The van der Waals surface area contributed by atoms with E-state index in [0.29, 0.717) is 19.3 Å². The normalized spacial score (nSPS) is 15.7. The van der Waals surface area contributed by atoms with Crippen LogP contribution in [0, 0.1) is 0 Å². The van der Waals surface area contributed by atoms with Gasteiger partial charge in [0, 0.05) is 19.3 Å². The molecule has 1 aromatic rings. The zero-order chi connectivity index (χ0) is 19.6. The van der Waals surface area contributed by atoms with Crippen molar-refractivity contribution in [3.63, 3.8) is 0 Å². The number of hydrogen-bond acceptors (Lipinski definition) is 5. The molecule has 0 radical (unpaired) electrons. The molecular weight excluding hydrogens is 336 g/mol. The molecule has 0 aliphatic rings. The SMILES string of the molecule is CC(O)COC(C)C(C)(Cc1ccccc1)OC(=O)CCCCC(=O)O. The summed E-state index contributed by atoms with van der Waals surface area (Å²) in [6.45, 7) is 5.43. The monoisotopic (exact) mass is 366 g/mol. The first-order chi connectivity index (χ1) is 12.2. The maximum atomic E-state index is 12.3. The molecular formula is C20H30O6. The standard InChI is InChI=1S/C20H30O6/c1-15(21)14-25-16(2)20(3,13-17-9-5-4-6-10-17)26-19(24)12-8-7-11-18(22)23/h4-6,9-10,15-16,21H,7-8,11-14H2,1-3H3,(H,22,23). The summed E-state index contributed by atoms with van der Waals surface area (Å²) in [6, 6.07) is 9.68. The Hall–Kier alpha value is -1.92. The van der Waals surface area contributed by atoms with Crippen molar-refractivity contribution in [2.24, 2.45) is 0 Å². The number of aliphatic hydroxyl groups excluding tert-OH is 1. The first-order valence-electron chi connectivity index (χ1n) is 9.00. The minimum atomic E-state index is -0.889. The molecule has 0 bridgehead atoms. The van der Waals surface area contributed by atoms with Crippen LogP contribution in [-0.4, -0.2) is 46.6 Å². The lowest BCUT2D eigenvalue weighted by Crippen LogP contribution is -2.46. The van der Waals surface area contributed by atoms with Crippen molar-refractivity contribution in [2.45, 2.75) is 70.7 Å². The molecule has 3 unspecified atom stereocenters. The highest BCUT2D eigenvalue weighted by Gasteiger charge is 2.36. The fourth-order valence-corrected chi connectivity index (χ4v) is 2.58. The number of aliphatic hydroxyl groups is 1. The number of benzene rings is 1. The molecule has 0 spiro atoms. The molecule has 146 valence electrons. The van der Waals surface area contributed by atoms with Gasteiger partial charge in [-0.05, 0) is 39.2 Å². The van der Waals surface area contributed by atoms with E-state index in [4.69, 9.17) is 14.6 Å². The third-order valence-corrected chi connectivity index (χ3v) is 4.21. The first-order valence-corrected chi connectivity index (χ1v) is 9.00. The van der Waals surface area contributed by atoms with Crippen LogP contribution in [0.2, 0.25) is 0 Å². The topological polar surface area (TPSA) is 93.1 Å². The summed E-state index contributed by atoms with van der Waals surface area (Å²) in [5.74, 6) is -1.24. The van der Waals surface area contributed by atoms with Gasteiger partial charge >= 0.3 is 11.9 Å². The molecule has 1 rings (SSSR count). The summed E-state index contributed by atoms with van der Waals surface area (Å²) in [5, 5.41) is 18.1. The van der Waals surface area contributed by atoms with Gasteiger partial charge in [0.05, 0.1) is 18.8 Å². The summed E-state index contributed by atoms with van der Waals surface area (Å²) in [6.07, 6.45) is 0.577. The lowest BCUT2D eigenvalue weighted by molar-refractivity contribution is -0.176. The molecule has 0 aromatic heterocycles. The van der Waals surface area contributed by atoms with E-state index in [1.165, 1.54) is 0 Å². The molecule has 6 nitrogen and oxygen atoms in total. The van der Waals surface area contributed by atoms with Gasteiger partial charge in [0.15, 0.2) is 0 Å². The van der Waals surface area contributed by atoms with Crippen LogP contribution in [0.1, 0.15) is 52.0 Å². The van der Waals surface area contributed by atoms with Crippen molar-refractivity contribution in [1.82, 2.24) is 0 Å². The molecule has 26 heavy (non-hydrogen) atoms. The molecule has 0 fully saturated rings. The van der Waals surface area contributed by atoms with Gasteiger partial charge in [0.1, 0.15) is 5.60 Å². The number of carboxylic acids is 1. The predicted octanol–water partition coefficient (Wildman–Crippen LogP) is 2.96. The fourth-order valence-electron chi connectivity index (χ4n) is 2.58. The summed E-state index contributed by atoms with van der Waals surface area (Å²) in [7, 11) is 0. The molecule has 0 heterocycles. The number of aliphatic carboxylic acids is 1. The van der Waals surface area contributed by atoms with E-state index in [2.05, 4.69) is 0 Å². The number of unbranched alkanes of at least 4 members (excludes halogenated alkanes) is 1. The average Bonchev–Trinajstić information content (AvgIpc) is 2.57. The van der Waals surface area contributed by atoms with Gasteiger partial charge in [-0.3, -0.25) is 9.59 Å². The van der Waals surface area contributed by atoms with Crippen molar-refractivity contribution in [3.05, 3.63) is 35.9 Å². The van der Waals surface area contributed by atoms with Crippen LogP contribution in [0.5, 0.6) is 0 Å². The number of carbonyl (C=O) groups is 2. The molecule has 0 saturated carbocycles. The highest BCUT2D eigenvalue weighted by atomic mass is 16.6. The lowest BCUT2D eigenvalue weighted by Gasteiger charge is -2.35. The smallest absolute Gasteiger partial charge is 0.306 e. The Bertz CT molecular complexity index is 557. The third-order valence-electron chi connectivity index (χ3n) is 4.21. The van der Waals surface area contributed by atoms with Crippen LogP contribution in [0.15, 0.2) is 30.3 Å². The largest absolute Gasteiger partial charge is 0.481 e. The van der Waals surface area contributed by atoms with E-state index in [-0.39, 0.29) is 25.4 Å². The van der Waals surface area contributed by atoms with Gasteiger partial charge < -0.3 is 19.7 Å². The summed E-state index contributed by atoms with van der Waals surface area (Å²) >= 11 is 0. The third kappa shape index (κ3) is 8.45. The second-order valence-electron chi connectivity index (χ2n) is 6.87. The molecule has 0 amide bonds. The molecule has 2 N–H and O–H groups in total. The van der Waals surface area contributed by atoms with Crippen molar-refractivity contribution in [3.8, 4) is 0 Å². The van der Waals surface area contributed by atoms with Crippen LogP contribution < -0.4 is 0 Å². The Morgan fingerprint density at radius 3 is 2.31 bits per heavy atom. The average molecular weight is 366 g/mol. The van der Waals surface area contributed by atoms with Gasteiger partial charge in [0.2, 0.25) is 0 Å². The zero-order valence-corrected chi connectivity index (χ0v) is 15.8. The number of carbonyl (C=O) groups excluding carboxylic acids is 1. The number of ether oxygens (including phenoxy) is 2. The van der Waals surface area contributed by atoms with Crippen LogP contribution in [-0.2, 0) is 25.5 Å². The molecule has 1 aromatic carbocycles. The van der Waals surface area contributed by atoms with E-state index in [9.17, 15) is 14.7 Å². The maximum Gasteiger partial charge on any atom is 0.306 e.